The van der Waals surface area contributed by atoms with Gasteiger partial charge in [0, 0.05) is 5.56 Å². The van der Waals surface area contributed by atoms with E-state index in [0.29, 0.717) is 5.56 Å². The van der Waals surface area contributed by atoms with E-state index in [1.807, 2.05) is 18.2 Å². The van der Waals surface area contributed by atoms with Gasteiger partial charge in [0.15, 0.2) is 11.1 Å². The molecule has 0 aliphatic rings. The molecule has 0 spiro atoms. The first kappa shape index (κ1) is 8.74. The monoisotopic (exact) mass is 181 g/mol. The molecule has 1 rings (SSSR count). The Hall–Kier alpha value is -1.35. The van der Waals surface area contributed by atoms with E-state index in [9.17, 15) is 0 Å². The third-order valence-corrected chi connectivity index (χ3v) is 1.35. The number of nitrogens with two attached hydrogens (primary N) is 1. The lowest BCUT2D eigenvalue weighted by molar-refractivity contribution is 1.41. The maximum atomic E-state index is 7.41. The molecule has 1 aromatic carbocycles. The maximum Gasteiger partial charge on any atom is 0.195 e. The molecule has 0 aromatic heterocycles. The minimum atomic E-state index is -0.121. The van der Waals surface area contributed by atoms with Crippen LogP contribution in [0.1, 0.15) is 5.56 Å². The van der Waals surface area contributed by atoms with E-state index in [2.05, 4.69) is 4.99 Å². The van der Waals surface area contributed by atoms with Crippen molar-refractivity contribution in [2.24, 2.45) is 10.7 Å². The molecule has 4 heteroatoms. The topological polar surface area (TPSA) is 62.2 Å². The highest BCUT2D eigenvalue weighted by Gasteiger charge is 1.97. The van der Waals surface area contributed by atoms with E-state index in [4.69, 9.17) is 22.7 Å². The van der Waals surface area contributed by atoms with Gasteiger partial charge in [0.05, 0.1) is 0 Å². The van der Waals surface area contributed by atoms with Gasteiger partial charge in [0.25, 0.3) is 0 Å². The largest absolute Gasteiger partial charge is 0.374 e. The zero-order valence-electron chi connectivity index (χ0n) is 6.29. The average Bonchev–Trinajstić information content (AvgIpc) is 2.05. The maximum absolute atomic E-state index is 7.41. The van der Waals surface area contributed by atoms with Gasteiger partial charge in [0.1, 0.15) is 0 Å². The van der Waals surface area contributed by atoms with Gasteiger partial charge in [-0.05, 0) is 11.6 Å². The van der Waals surface area contributed by atoms with Crippen LogP contribution in [0.25, 0.3) is 0 Å². The Bertz CT molecular complexity index is 301. The van der Waals surface area contributed by atoms with Crippen molar-refractivity contribution >= 4 is 22.7 Å². The second-order valence-electron chi connectivity index (χ2n) is 2.15. The molecule has 0 fully saturated rings. The Morgan fingerprint density at radius 2 is 1.92 bits per heavy atom. The van der Waals surface area contributed by atoms with E-state index in [1.54, 1.807) is 12.1 Å². The SMILES string of the molecule is N=C(N=C(N)Cl)c1ccccc1. The van der Waals surface area contributed by atoms with E-state index in [0.717, 1.165) is 0 Å². The van der Waals surface area contributed by atoms with Crippen molar-refractivity contribution in [3.8, 4) is 0 Å². The molecule has 0 unspecified atom stereocenters. The highest BCUT2D eigenvalue weighted by Crippen LogP contribution is 2.00. The molecule has 0 aliphatic carbocycles. The molecule has 0 amide bonds. The average molecular weight is 182 g/mol. The van der Waals surface area contributed by atoms with Crippen LogP contribution in [-0.4, -0.2) is 11.1 Å². The van der Waals surface area contributed by atoms with Crippen LogP contribution in [0.4, 0.5) is 0 Å². The van der Waals surface area contributed by atoms with Crippen molar-refractivity contribution in [1.82, 2.24) is 0 Å². The molecular formula is C8H8ClN3. The predicted octanol–water partition coefficient (Wildman–Crippen LogP) is 1.57. The van der Waals surface area contributed by atoms with Crippen LogP contribution < -0.4 is 5.73 Å². The smallest absolute Gasteiger partial charge is 0.195 e. The summed E-state index contributed by atoms with van der Waals surface area (Å²) in [4.78, 5) is 3.59. The molecule has 0 saturated carbocycles. The summed E-state index contributed by atoms with van der Waals surface area (Å²) in [5, 5.41) is 7.29. The number of hydrogen-bond acceptors (Lipinski definition) is 1. The Labute approximate surface area is 75.4 Å². The number of amidine groups is 2. The molecule has 0 bridgehead atoms. The summed E-state index contributed by atoms with van der Waals surface area (Å²) in [6.45, 7) is 0. The Kier molecular flexibility index (Phi) is 2.82. The standard InChI is InChI=1S/C8H8ClN3/c9-8(11)12-7(10)6-4-2-1-3-5-6/h1-5H,(H3,10,11,12). The summed E-state index contributed by atoms with van der Waals surface area (Å²) in [6, 6.07) is 9.05. The lowest BCUT2D eigenvalue weighted by Gasteiger charge is -1.96. The third kappa shape index (κ3) is 2.36. The fourth-order valence-electron chi connectivity index (χ4n) is 0.767. The van der Waals surface area contributed by atoms with Crippen molar-refractivity contribution in [2.45, 2.75) is 0 Å². The van der Waals surface area contributed by atoms with Crippen LogP contribution in [0.5, 0.6) is 0 Å². The second kappa shape index (κ2) is 3.88. The minimum Gasteiger partial charge on any atom is -0.374 e. The molecule has 1 aromatic rings. The third-order valence-electron chi connectivity index (χ3n) is 1.27. The van der Waals surface area contributed by atoms with Gasteiger partial charge in [-0.3, -0.25) is 5.41 Å². The number of rotatable bonds is 1. The molecule has 62 valence electrons. The zero-order chi connectivity index (χ0) is 8.97. The van der Waals surface area contributed by atoms with Gasteiger partial charge in [-0.2, -0.15) is 0 Å². The van der Waals surface area contributed by atoms with E-state index in [1.165, 1.54) is 0 Å². The number of benzene rings is 1. The van der Waals surface area contributed by atoms with Gasteiger partial charge >= 0.3 is 0 Å². The van der Waals surface area contributed by atoms with Gasteiger partial charge < -0.3 is 5.73 Å². The fourth-order valence-corrected chi connectivity index (χ4v) is 0.852. The predicted molar refractivity (Wildman–Crippen MR) is 50.7 cm³/mol. The highest BCUT2D eigenvalue weighted by atomic mass is 35.5. The van der Waals surface area contributed by atoms with Crippen LogP contribution in [0, 0.1) is 5.41 Å². The Balaban J connectivity index is 2.87. The molecule has 0 aliphatic heterocycles. The molecule has 12 heavy (non-hydrogen) atoms. The van der Waals surface area contributed by atoms with Crippen LogP contribution in [0.2, 0.25) is 0 Å². The number of nitrogens with one attached hydrogen (secondary N) is 1. The molecule has 3 nitrogen and oxygen atoms in total. The number of aliphatic imine (C=N–C) groups is 1. The second-order valence-corrected chi connectivity index (χ2v) is 2.54. The normalized spacial score (nSPS) is 11.2. The quantitative estimate of drug-likeness (QED) is 0.386. The fraction of sp³-hybridized carbons (Fsp3) is 0. The summed E-state index contributed by atoms with van der Waals surface area (Å²) in [6.07, 6.45) is 0. The lowest BCUT2D eigenvalue weighted by atomic mass is 10.2. The minimum absolute atomic E-state index is 0.0723. The molecule has 3 N–H and O–H groups in total. The summed E-state index contributed by atoms with van der Waals surface area (Å²) >= 11 is 5.31. The number of nitrogens with zero attached hydrogens (tertiary/aromatic N) is 1. The van der Waals surface area contributed by atoms with E-state index in [-0.39, 0.29) is 11.1 Å². The van der Waals surface area contributed by atoms with Crippen LogP contribution in [-0.2, 0) is 0 Å². The van der Waals surface area contributed by atoms with E-state index >= 15 is 0 Å². The number of halogens is 1. The summed E-state index contributed by atoms with van der Waals surface area (Å²) in [5.41, 5.74) is 5.80. The van der Waals surface area contributed by atoms with Gasteiger partial charge in [-0.15, -0.1) is 0 Å². The van der Waals surface area contributed by atoms with Crippen LogP contribution in [0.3, 0.4) is 0 Å². The van der Waals surface area contributed by atoms with Crippen LogP contribution in [0.15, 0.2) is 35.3 Å². The summed E-state index contributed by atoms with van der Waals surface area (Å²) in [7, 11) is 0. The molecule has 0 saturated heterocycles. The zero-order valence-corrected chi connectivity index (χ0v) is 7.05. The molecule has 0 heterocycles. The van der Waals surface area contributed by atoms with Crippen LogP contribution >= 0.6 is 11.6 Å². The first-order chi connectivity index (χ1) is 5.70. The van der Waals surface area contributed by atoms with Crippen molar-refractivity contribution in [3.05, 3.63) is 35.9 Å². The Morgan fingerprint density at radius 3 is 2.42 bits per heavy atom. The van der Waals surface area contributed by atoms with Crippen molar-refractivity contribution < 1.29 is 0 Å². The summed E-state index contributed by atoms with van der Waals surface area (Å²) < 4.78 is 0. The highest BCUT2D eigenvalue weighted by molar-refractivity contribution is 6.65. The lowest BCUT2D eigenvalue weighted by Crippen LogP contribution is -2.06. The molecular weight excluding hydrogens is 174 g/mol. The van der Waals surface area contributed by atoms with Crippen molar-refractivity contribution in [2.75, 3.05) is 0 Å². The van der Waals surface area contributed by atoms with Crippen molar-refractivity contribution in [3.63, 3.8) is 0 Å². The first-order valence-corrected chi connectivity index (χ1v) is 3.71. The first-order valence-electron chi connectivity index (χ1n) is 3.34. The van der Waals surface area contributed by atoms with Gasteiger partial charge in [-0.1, -0.05) is 30.3 Å². The number of hydrogen-bond donors (Lipinski definition) is 2. The summed E-state index contributed by atoms with van der Waals surface area (Å²) in [5.74, 6) is 0.0723. The van der Waals surface area contributed by atoms with Crippen molar-refractivity contribution in [1.29, 1.82) is 5.41 Å². The van der Waals surface area contributed by atoms with Gasteiger partial charge in [-0.25, -0.2) is 4.99 Å². The molecule has 0 atom stereocenters. The molecule has 0 radical (unpaired) electrons. The van der Waals surface area contributed by atoms with Gasteiger partial charge in [0.2, 0.25) is 0 Å². The van der Waals surface area contributed by atoms with E-state index < -0.39 is 0 Å². The Morgan fingerprint density at radius 1 is 1.33 bits per heavy atom.